The molecule has 0 aliphatic carbocycles. The molecule has 0 aromatic heterocycles. The third-order valence-corrected chi connectivity index (χ3v) is 4.81. The molecule has 29 heavy (non-hydrogen) atoms. The number of carbonyl (C=O) groups excluding carboxylic acids is 2. The SMILES string of the molecule is C=CCN(C(=O)C[C@@H](N)Cc1ccccc1)[C@H](CC(=O)OC)Cc1ccccc1. The fourth-order valence-electron chi connectivity index (χ4n) is 3.38. The lowest BCUT2D eigenvalue weighted by Crippen LogP contribution is -2.45. The highest BCUT2D eigenvalue weighted by Crippen LogP contribution is 2.16. The highest BCUT2D eigenvalue weighted by Gasteiger charge is 2.27. The van der Waals surface area contributed by atoms with E-state index in [4.69, 9.17) is 10.5 Å². The van der Waals surface area contributed by atoms with Crippen molar-refractivity contribution in [3.8, 4) is 0 Å². The summed E-state index contributed by atoms with van der Waals surface area (Å²) < 4.78 is 4.86. The van der Waals surface area contributed by atoms with Crippen molar-refractivity contribution in [2.24, 2.45) is 5.73 Å². The van der Waals surface area contributed by atoms with E-state index < -0.39 is 0 Å². The number of carbonyl (C=O) groups is 2. The Morgan fingerprint density at radius 1 is 1.00 bits per heavy atom. The van der Waals surface area contributed by atoms with E-state index in [1.807, 2.05) is 60.7 Å². The van der Waals surface area contributed by atoms with E-state index in [0.717, 1.165) is 11.1 Å². The van der Waals surface area contributed by atoms with Crippen molar-refractivity contribution in [3.63, 3.8) is 0 Å². The van der Waals surface area contributed by atoms with E-state index in [2.05, 4.69) is 6.58 Å². The van der Waals surface area contributed by atoms with Crippen molar-refractivity contribution in [3.05, 3.63) is 84.4 Å². The number of esters is 1. The zero-order valence-corrected chi connectivity index (χ0v) is 17.0. The van der Waals surface area contributed by atoms with Gasteiger partial charge in [-0.05, 0) is 24.0 Å². The van der Waals surface area contributed by atoms with E-state index in [-0.39, 0.29) is 36.8 Å². The summed E-state index contributed by atoms with van der Waals surface area (Å²) in [6.45, 7) is 4.13. The van der Waals surface area contributed by atoms with E-state index in [1.54, 1.807) is 11.0 Å². The number of methoxy groups -OCH3 is 1. The van der Waals surface area contributed by atoms with Gasteiger partial charge in [0, 0.05) is 25.0 Å². The first-order valence-corrected chi connectivity index (χ1v) is 9.84. The number of nitrogens with two attached hydrogens (primary N) is 1. The maximum Gasteiger partial charge on any atom is 0.307 e. The smallest absolute Gasteiger partial charge is 0.307 e. The average molecular weight is 395 g/mol. The molecule has 0 bridgehead atoms. The van der Waals surface area contributed by atoms with Crippen molar-refractivity contribution >= 4 is 11.9 Å². The van der Waals surface area contributed by atoms with E-state index in [0.29, 0.717) is 19.4 Å². The summed E-state index contributed by atoms with van der Waals surface area (Å²) in [5, 5.41) is 0. The first-order valence-electron chi connectivity index (χ1n) is 9.84. The van der Waals surface area contributed by atoms with Gasteiger partial charge in [-0.2, -0.15) is 0 Å². The van der Waals surface area contributed by atoms with E-state index in [1.165, 1.54) is 7.11 Å². The van der Waals surface area contributed by atoms with Crippen LogP contribution in [0.1, 0.15) is 24.0 Å². The molecule has 0 spiro atoms. The molecule has 0 aliphatic heterocycles. The molecule has 5 nitrogen and oxygen atoms in total. The van der Waals surface area contributed by atoms with Crippen LogP contribution in [0.5, 0.6) is 0 Å². The Labute approximate surface area is 173 Å². The fourth-order valence-corrected chi connectivity index (χ4v) is 3.38. The molecule has 2 aromatic carbocycles. The summed E-state index contributed by atoms with van der Waals surface area (Å²) in [4.78, 5) is 26.8. The second kappa shape index (κ2) is 11.8. The molecule has 0 saturated carbocycles. The average Bonchev–Trinajstić information content (AvgIpc) is 2.72. The summed E-state index contributed by atoms with van der Waals surface area (Å²) >= 11 is 0. The summed E-state index contributed by atoms with van der Waals surface area (Å²) in [5.41, 5.74) is 8.40. The zero-order chi connectivity index (χ0) is 21.1. The molecule has 2 N–H and O–H groups in total. The molecule has 0 heterocycles. The summed E-state index contributed by atoms with van der Waals surface area (Å²) in [7, 11) is 1.36. The van der Waals surface area contributed by atoms with Gasteiger partial charge in [-0.1, -0.05) is 66.7 Å². The van der Waals surface area contributed by atoms with Crippen LogP contribution in [0.15, 0.2) is 73.3 Å². The van der Waals surface area contributed by atoms with Crippen LogP contribution in [0.4, 0.5) is 0 Å². The predicted molar refractivity (Wildman–Crippen MR) is 115 cm³/mol. The van der Waals surface area contributed by atoms with Gasteiger partial charge in [-0.15, -0.1) is 6.58 Å². The summed E-state index contributed by atoms with van der Waals surface area (Å²) in [5.74, 6) is -0.431. The number of benzene rings is 2. The van der Waals surface area contributed by atoms with Gasteiger partial charge in [0.15, 0.2) is 0 Å². The van der Waals surface area contributed by atoms with E-state index >= 15 is 0 Å². The molecule has 1 amide bonds. The molecular weight excluding hydrogens is 364 g/mol. The first kappa shape index (κ1) is 22.4. The molecular formula is C24H30N2O3. The molecule has 0 aliphatic rings. The van der Waals surface area contributed by atoms with E-state index in [9.17, 15) is 9.59 Å². The second-order valence-corrected chi connectivity index (χ2v) is 7.11. The van der Waals surface area contributed by atoms with Crippen molar-refractivity contribution in [1.29, 1.82) is 0 Å². The summed E-state index contributed by atoms with van der Waals surface area (Å²) in [6, 6.07) is 19.1. The molecule has 0 unspecified atom stereocenters. The van der Waals surface area contributed by atoms with Gasteiger partial charge < -0.3 is 15.4 Å². The maximum absolute atomic E-state index is 13.1. The highest BCUT2D eigenvalue weighted by molar-refractivity contribution is 5.78. The fraction of sp³-hybridized carbons (Fsp3) is 0.333. The van der Waals surface area contributed by atoms with Gasteiger partial charge in [0.25, 0.3) is 0 Å². The maximum atomic E-state index is 13.1. The highest BCUT2D eigenvalue weighted by atomic mass is 16.5. The van der Waals surface area contributed by atoms with Crippen LogP contribution in [0.25, 0.3) is 0 Å². The lowest BCUT2D eigenvalue weighted by atomic mass is 9.99. The largest absolute Gasteiger partial charge is 0.469 e. The Balaban J connectivity index is 2.12. The predicted octanol–water partition coefficient (Wildman–Crippen LogP) is 3.14. The normalized spacial score (nSPS) is 12.6. The van der Waals surface area contributed by atoms with Crippen LogP contribution in [-0.4, -0.2) is 42.5 Å². The molecule has 154 valence electrons. The molecule has 0 radical (unpaired) electrons. The molecule has 2 atom stereocenters. The quantitative estimate of drug-likeness (QED) is 0.469. The van der Waals surface area contributed by atoms with Crippen LogP contribution in [0.2, 0.25) is 0 Å². The molecule has 0 fully saturated rings. The van der Waals surface area contributed by atoms with Gasteiger partial charge in [0.05, 0.1) is 13.5 Å². The Morgan fingerprint density at radius 3 is 2.07 bits per heavy atom. The lowest BCUT2D eigenvalue weighted by Gasteiger charge is -2.31. The number of hydrogen-bond acceptors (Lipinski definition) is 4. The minimum Gasteiger partial charge on any atom is -0.469 e. The minimum atomic E-state index is -0.346. The molecule has 0 saturated heterocycles. The van der Waals surface area contributed by atoms with Gasteiger partial charge >= 0.3 is 5.97 Å². The monoisotopic (exact) mass is 394 g/mol. The van der Waals surface area contributed by atoms with Gasteiger partial charge in [-0.3, -0.25) is 9.59 Å². The van der Waals surface area contributed by atoms with Crippen molar-refractivity contribution in [1.82, 2.24) is 4.90 Å². The third-order valence-electron chi connectivity index (χ3n) is 4.81. The van der Waals surface area contributed by atoms with Crippen LogP contribution in [0.3, 0.4) is 0 Å². The van der Waals surface area contributed by atoms with Gasteiger partial charge in [-0.25, -0.2) is 0 Å². The number of nitrogens with zero attached hydrogens (tertiary/aromatic N) is 1. The third kappa shape index (κ3) is 7.54. The number of ether oxygens (including phenoxy) is 1. The second-order valence-electron chi connectivity index (χ2n) is 7.11. The van der Waals surface area contributed by atoms with Crippen LogP contribution >= 0.6 is 0 Å². The van der Waals surface area contributed by atoms with Crippen molar-refractivity contribution in [2.75, 3.05) is 13.7 Å². The van der Waals surface area contributed by atoms with Crippen molar-refractivity contribution < 1.29 is 14.3 Å². The number of amides is 1. The number of hydrogen-bond donors (Lipinski definition) is 1. The lowest BCUT2D eigenvalue weighted by molar-refractivity contribution is -0.143. The standard InChI is InChI=1S/C24H30N2O3/c1-3-14-26(23(27)17-21(25)15-19-10-6-4-7-11-19)22(18-24(28)29-2)16-20-12-8-5-9-13-20/h3-13,21-22H,1,14-18,25H2,2H3/t21-,22-/m0/s1. The zero-order valence-electron chi connectivity index (χ0n) is 17.0. The van der Waals surface area contributed by atoms with Crippen LogP contribution < -0.4 is 5.73 Å². The minimum absolute atomic E-state index is 0.0850. The van der Waals surface area contributed by atoms with Crippen LogP contribution in [-0.2, 0) is 27.2 Å². The van der Waals surface area contributed by atoms with Crippen LogP contribution in [0, 0.1) is 0 Å². The van der Waals surface area contributed by atoms with Gasteiger partial charge in [0.2, 0.25) is 5.91 Å². The molecule has 5 heteroatoms. The Kier molecular flexibility index (Phi) is 9.12. The Hall–Kier alpha value is -2.92. The topological polar surface area (TPSA) is 72.6 Å². The Bertz CT molecular complexity index is 777. The van der Waals surface area contributed by atoms with Crippen molar-refractivity contribution in [2.45, 2.75) is 37.8 Å². The summed E-state index contributed by atoms with van der Waals surface area (Å²) in [6.07, 6.45) is 3.18. The molecule has 2 aromatic rings. The Morgan fingerprint density at radius 2 is 1.55 bits per heavy atom. The molecule has 2 rings (SSSR count). The number of rotatable bonds is 11. The first-order chi connectivity index (χ1) is 14.0. The van der Waals surface area contributed by atoms with Gasteiger partial charge in [0.1, 0.15) is 0 Å².